The van der Waals surface area contributed by atoms with Crippen molar-refractivity contribution >= 4 is 21.5 Å². The van der Waals surface area contributed by atoms with Gasteiger partial charge in [-0.25, -0.2) is 0 Å². The fourth-order valence-electron chi connectivity index (χ4n) is 0.958. The zero-order valence-electron chi connectivity index (χ0n) is 7.17. The number of hydrogen-bond acceptors (Lipinski definition) is 1. The Morgan fingerprint density at radius 3 is 2.42 bits per heavy atom. The fraction of sp³-hybridized carbons (Fsp3) is 0.200. The molecule has 0 saturated heterocycles. The SMILES string of the molecule is CO/C=C(\C)c1ccc(Br)cc1. The third kappa shape index (κ3) is 2.38. The van der Waals surface area contributed by atoms with Crippen molar-refractivity contribution in [3.8, 4) is 0 Å². The third-order valence-corrected chi connectivity index (χ3v) is 2.12. The second-order valence-corrected chi connectivity index (χ2v) is 3.46. The highest BCUT2D eigenvalue weighted by atomic mass is 79.9. The zero-order chi connectivity index (χ0) is 8.97. The van der Waals surface area contributed by atoms with Crippen molar-refractivity contribution in [2.24, 2.45) is 0 Å². The lowest BCUT2D eigenvalue weighted by Gasteiger charge is -2.00. The normalized spacial score (nSPS) is 11.4. The standard InChI is InChI=1S/C10H11BrO/c1-8(7-12-2)9-3-5-10(11)6-4-9/h3-7H,1-2H3/b8-7+. The maximum absolute atomic E-state index is 4.91. The number of hydrogen-bond donors (Lipinski definition) is 0. The van der Waals surface area contributed by atoms with Crippen LogP contribution in [0.1, 0.15) is 12.5 Å². The van der Waals surface area contributed by atoms with Gasteiger partial charge < -0.3 is 4.74 Å². The van der Waals surface area contributed by atoms with Crippen LogP contribution in [0.5, 0.6) is 0 Å². The number of allylic oxidation sites excluding steroid dienone is 1. The molecule has 0 heterocycles. The Hall–Kier alpha value is -0.760. The van der Waals surface area contributed by atoms with Gasteiger partial charge >= 0.3 is 0 Å². The van der Waals surface area contributed by atoms with Crippen molar-refractivity contribution < 1.29 is 4.74 Å². The van der Waals surface area contributed by atoms with E-state index in [2.05, 4.69) is 28.1 Å². The molecule has 1 aromatic carbocycles. The van der Waals surface area contributed by atoms with E-state index in [9.17, 15) is 0 Å². The van der Waals surface area contributed by atoms with Crippen molar-refractivity contribution in [3.05, 3.63) is 40.6 Å². The highest BCUT2D eigenvalue weighted by Gasteiger charge is 1.94. The summed E-state index contributed by atoms with van der Waals surface area (Å²) in [5.41, 5.74) is 2.31. The first kappa shape index (κ1) is 9.33. The summed E-state index contributed by atoms with van der Waals surface area (Å²) in [6.07, 6.45) is 1.74. The lowest BCUT2D eigenvalue weighted by atomic mass is 10.1. The maximum atomic E-state index is 4.91. The van der Waals surface area contributed by atoms with Gasteiger partial charge in [0.1, 0.15) is 0 Å². The average Bonchev–Trinajstić information content (AvgIpc) is 2.06. The molecule has 1 nitrogen and oxygen atoms in total. The molecule has 1 aromatic rings. The molecule has 0 bridgehead atoms. The Labute approximate surface area is 81.2 Å². The minimum Gasteiger partial charge on any atom is -0.504 e. The van der Waals surface area contributed by atoms with Crippen molar-refractivity contribution in [2.75, 3.05) is 7.11 Å². The first-order valence-electron chi connectivity index (χ1n) is 3.69. The Morgan fingerprint density at radius 2 is 1.92 bits per heavy atom. The molecule has 0 atom stereocenters. The molecule has 0 spiro atoms. The van der Waals surface area contributed by atoms with Gasteiger partial charge in [-0.05, 0) is 30.2 Å². The average molecular weight is 227 g/mol. The summed E-state index contributed by atoms with van der Waals surface area (Å²) in [4.78, 5) is 0. The van der Waals surface area contributed by atoms with Crippen molar-refractivity contribution in [3.63, 3.8) is 0 Å². The van der Waals surface area contributed by atoms with E-state index >= 15 is 0 Å². The minimum absolute atomic E-state index is 1.09. The third-order valence-electron chi connectivity index (χ3n) is 1.59. The quantitative estimate of drug-likeness (QED) is 0.703. The van der Waals surface area contributed by atoms with E-state index in [0.29, 0.717) is 0 Å². The molecule has 0 saturated carbocycles. The molecular weight excluding hydrogens is 216 g/mol. The molecule has 0 aromatic heterocycles. The van der Waals surface area contributed by atoms with Crippen molar-refractivity contribution in [2.45, 2.75) is 6.92 Å². The highest BCUT2D eigenvalue weighted by molar-refractivity contribution is 9.10. The zero-order valence-corrected chi connectivity index (χ0v) is 8.76. The summed E-state index contributed by atoms with van der Waals surface area (Å²) in [6.45, 7) is 2.02. The molecule has 0 fully saturated rings. The van der Waals surface area contributed by atoms with Gasteiger partial charge in [-0.1, -0.05) is 28.1 Å². The van der Waals surface area contributed by atoms with E-state index in [-0.39, 0.29) is 0 Å². The maximum Gasteiger partial charge on any atom is 0.0859 e. The predicted molar refractivity (Wildman–Crippen MR) is 54.8 cm³/mol. The Bertz CT molecular complexity index is 274. The second kappa shape index (κ2) is 4.31. The molecule has 12 heavy (non-hydrogen) atoms. The van der Waals surface area contributed by atoms with Gasteiger partial charge in [0.2, 0.25) is 0 Å². The van der Waals surface area contributed by atoms with E-state index in [1.807, 2.05) is 19.1 Å². The van der Waals surface area contributed by atoms with E-state index in [0.717, 1.165) is 10.0 Å². The molecule has 0 amide bonds. The Morgan fingerprint density at radius 1 is 1.33 bits per heavy atom. The van der Waals surface area contributed by atoms with Gasteiger partial charge in [0.25, 0.3) is 0 Å². The molecule has 0 aliphatic heterocycles. The molecule has 0 aliphatic rings. The molecule has 0 radical (unpaired) electrons. The number of halogens is 1. The largest absolute Gasteiger partial charge is 0.504 e. The first-order chi connectivity index (χ1) is 5.74. The molecule has 0 unspecified atom stereocenters. The number of methoxy groups -OCH3 is 1. The van der Waals surface area contributed by atoms with Gasteiger partial charge in [-0.2, -0.15) is 0 Å². The Kier molecular flexibility index (Phi) is 3.35. The second-order valence-electron chi connectivity index (χ2n) is 2.54. The summed E-state index contributed by atoms with van der Waals surface area (Å²) in [5, 5.41) is 0. The van der Waals surface area contributed by atoms with Crippen LogP contribution in [0, 0.1) is 0 Å². The summed E-state index contributed by atoms with van der Waals surface area (Å²) < 4.78 is 6.01. The van der Waals surface area contributed by atoms with Gasteiger partial charge in [0.15, 0.2) is 0 Å². The summed E-state index contributed by atoms with van der Waals surface area (Å²) >= 11 is 3.38. The van der Waals surface area contributed by atoms with Crippen LogP contribution in [0.25, 0.3) is 5.57 Å². The Balaban J connectivity index is 2.89. The van der Waals surface area contributed by atoms with Gasteiger partial charge in [0.05, 0.1) is 13.4 Å². The number of benzene rings is 1. The van der Waals surface area contributed by atoms with Crippen LogP contribution in [0.3, 0.4) is 0 Å². The molecule has 2 heteroatoms. The van der Waals surface area contributed by atoms with E-state index in [1.165, 1.54) is 5.56 Å². The lowest BCUT2D eigenvalue weighted by molar-refractivity contribution is 0.339. The molecule has 0 N–H and O–H groups in total. The number of rotatable bonds is 2. The topological polar surface area (TPSA) is 9.23 Å². The van der Waals surface area contributed by atoms with Crippen molar-refractivity contribution in [1.29, 1.82) is 0 Å². The van der Waals surface area contributed by atoms with Gasteiger partial charge in [-0.15, -0.1) is 0 Å². The summed E-state index contributed by atoms with van der Waals surface area (Å²) in [6, 6.07) is 8.13. The smallest absolute Gasteiger partial charge is 0.0859 e. The van der Waals surface area contributed by atoms with Crippen LogP contribution in [0.2, 0.25) is 0 Å². The molecule has 1 rings (SSSR count). The lowest BCUT2D eigenvalue weighted by Crippen LogP contribution is -1.79. The molecular formula is C10H11BrO. The predicted octanol–water partition coefficient (Wildman–Crippen LogP) is 3.46. The van der Waals surface area contributed by atoms with Crippen LogP contribution < -0.4 is 0 Å². The summed E-state index contributed by atoms with van der Waals surface area (Å²) in [5.74, 6) is 0. The minimum atomic E-state index is 1.09. The van der Waals surface area contributed by atoms with Crippen LogP contribution in [-0.2, 0) is 4.74 Å². The molecule has 64 valence electrons. The van der Waals surface area contributed by atoms with Gasteiger partial charge in [-0.3, -0.25) is 0 Å². The van der Waals surface area contributed by atoms with Crippen LogP contribution >= 0.6 is 15.9 Å². The van der Waals surface area contributed by atoms with E-state index < -0.39 is 0 Å². The summed E-state index contributed by atoms with van der Waals surface area (Å²) in [7, 11) is 1.66. The van der Waals surface area contributed by atoms with E-state index in [1.54, 1.807) is 13.4 Å². The molecule has 0 aliphatic carbocycles. The fourth-order valence-corrected chi connectivity index (χ4v) is 1.22. The van der Waals surface area contributed by atoms with Gasteiger partial charge in [0, 0.05) is 4.47 Å². The van der Waals surface area contributed by atoms with Crippen molar-refractivity contribution in [1.82, 2.24) is 0 Å². The number of ether oxygens (including phenoxy) is 1. The van der Waals surface area contributed by atoms with Crippen LogP contribution in [0.4, 0.5) is 0 Å². The highest BCUT2D eigenvalue weighted by Crippen LogP contribution is 2.16. The monoisotopic (exact) mass is 226 g/mol. The van der Waals surface area contributed by atoms with Crippen LogP contribution in [-0.4, -0.2) is 7.11 Å². The van der Waals surface area contributed by atoms with Crippen LogP contribution in [0.15, 0.2) is 35.0 Å². The first-order valence-corrected chi connectivity index (χ1v) is 4.49. The van der Waals surface area contributed by atoms with E-state index in [4.69, 9.17) is 4.74 Å².